The average Bonchev–Trinajstić information content (AvgIpc) is 2.25. The minimum absolute atomic E-state index is 0.181. The molecule has 0 aliphatic heterocycles. The van der Waals surface area contributed by atoms with Gasteiger partial charge in [0.05, 0.1) is 5.02 Å². The number of amidine groups is 1. The van der Waals surface area contributed by atoms with Gasteiger partial charge in [-0.25, -0.2) is 4.98 Å². The Kier molecular flexibility index (Phi) is 4.82. The summed E-state index contributed by atoms with van der Waals surface area (Å²) in [5.74, 6) is 0.843. The lowest BCUT2D eigenvalue weighted by Crippen LogP contribution is -2.25. The van der Waals surface area contributed by atoms with Crippen LogP contribution >= 0.6 is 27.5 Å². The van der Waals surface area contributed by atoms with E-state index in [1.807, 2.05) is 11.9 Å². The summed E-state index contributed by atoms with van der Waals surface area (Å²) in [4.78, 5) is 6.03. The van der Waals surface area contributed by atoms with E-state index < -0.39 is 0 Å². The molecule has 0 saturated heterocycles. The maximum atomic E-state index is 8.41. The number of anilines is 1. The van der Waals surface area contributed by atoms with Crippen LogP contribution in [0.25, 0.3) is 0 Å². The smallest absolute Gasteiger partial charge is 0.147 e. The third-order valence-electron chi connectivity index (χ3n) is 1.98. The zero-order chi connectivity index (χ0) is 12.1. The third-order valence-corrected chi connectivity index (χ3v) is 2.69. The highest BCUT2D eigenvalue weighted by molar-refractivity contribution is 9.10. The standard InChI is InChI=1S/C9H12BrClN4O/c1-15(3-2-8(12)14-16)9-7(11)4-6(10)5-13-9/h4-5,16H,2-3H2,1H3,(H2,12,14). The first-order chi connectivity index (χ1) is 7.54. The molecule has 1 rings (SSSR count). The number of pyridine rings is 1. The van der Waals surface area contributed by atoms with Gasteiger partial charge in [0.25, 0.3) is 0 Å². The summed E-state index contributed by atoms with van der Waals surface area (Å²) in [6.45, 7) is 0.574. The van der Waals surface area contributed by atoms with E-state index in [-0.39, 0.29) is 5.84 Å². The van der Waals surface area contributed by atoms with Gasteiger partial charge in [0.1, 0.15) is 11.7 Å². The number of nitrogens with two attached hydrogens (primary N) is 1. The topological polar surface area (TPSA) is 74.7 Å². The Hall–Kier alpha value is -1.01. The summed E-state index contributed by atoms with van der Waals surface area (Å²) in [5.41, 5.74) is 5.37. The SMILES string of the molecule is CN(CCC(N)=NO)c1ncc(Br)cc1Cl. The summed E-state index contributed by atoms with van der Waals surface area (Å²) >= 11 is 9.31. The van der Waals surface area contributed by atoms with Gasteiger partial charge in [0.15, 0.2) is 0 Å². The van der Waals surface area contributed by atoms with Gasteiger partial charge in [-0.3, -0.25) is 0 Å². The Balaban J connectivity index is 2.69. The van der Waals surface area contributed by atoms with Gasteiger partial charge < -0.3 is 15.8 Å². The van der Waals surface area contributed by atoms with Gasteiger partial charge in [-0.05, 0) is 22.0 Å². The highest BCUT2D eigenvalue weighted by atomic mass is 79.9. The minimum Gasteiger partial charge on any atom is -0.409 e. The Morgan fingerprint density at radius 2 is 2.44 bits per heavy atom. The lowest BCUT2D eigenvalue weighted by molar-refractivity contribution is 0.317. The number of hydrogen-bond donors (Lipinski definition) is 2. The first-order valence-corrected chi connectivity index (χ1v) is 5.70. The van der Waals surface area contributed by atoms with Gasteiger partial charge in [0.2, 0.25) is 0 Å². The average molecular weight is 308 g/mol. The molecule has 16 heavy (non-hydrogen) atoms. The molecule has 1 heterocycles. The number of nitrogens with zero attached hydrogens (tertiary/aromatic N) is 3. The van der Waals surface area contributed by atoms with Gasteiger partial charge in [-0.2, -0.15) is 0 Å². The van der Waals surface area contributed by atoms with Crippen molar-refractivity contribution in [1.82, 2.24) is 4.98 Å². The number of hydrogen-bond acceptors (Lipinski definition) is 4. The van der Waals surface area contributed by atoms with Crippen LogP contribution in [0.15, 0.2) is 21.9 Å². The number of aromatic nitrogens is 1. The fraction of sp³-hybridized carbons (Fsp3) is 0.333. The highest BCUT2D eigenvalue weighted by Gasteiger charge is 2.08. The van der Waals surface area contributed by atoms with Crippen molar-refractivity contribution in [3.05, 3.63) is 21.8 Å². The van der Waals surface area contributed by atoms with E-state index in [9.17, 15) is 0 Å². The molecular weight excluding hydrogens is 295 g/mol. The molecule has 0 saturated carbocycles. The molecule has 7 heteroatoms. The maximum absolute atomic E-state index is 8.41. The summed E-state index contributed by atoms with van der Waals surface area (Å²) in [6.07, 6.45) is 2.11. The quantitative estimate of drug-likeness (QED) is 0.386. The third kappa shape index (κ3) is 3.53. The van der Waals surface area contributed by atoms with E-state index in [0.29, 0.717) is 23.8 Å². The fourth-order valence-electron chi connectivity index (χ4n) is 1.13. The van der Waals surface area contributed by atoms with Crippen molar-refractivity contribution in [1.29, 1.82) is 0 Å². The predicted molar refractivity (Wildman–Crippen MR) is 68.2 cm³/mol. The molecule has 0 aliphatic rings. The molecule has 0 atom stereocenters. The molecule has 0 radical (unpaired) electrons. The Morgan fingerprint density at radius 3 is 3.00 bits per heavy atom. The molecule has 0 unspecified atom stereocenters. The lowest BCUT2D eigenvalue weighted by Gasteiger charge is -2.18. The van der Waals surface area contributed by atoms with Crippen LogP contribution in [0.2, 0.25) is 5.02 Å². The fourth-order valence-corrected chi connectivity index (χ4v) is 1.90. The minimum atomic E-state index is 0.181. The molecule has 88 valence electrons. The van der Waals surface area contributed by atoms with E-state index >= 15 is 0 Å². The first-order valence-electron chi connectivity index (χ1n) is 4.53. The van der Waals surface area contributed by atoms with Crippen molar-refractivity contribution >= 4 is 39.2 Å². The van der Waals surface area contributed by atoms with Crippen molar-refractivity contribution in [2.45, 2.75) is 6.42 Å². The van der Waals surface area contributed by atoms with Gasteiger partial charge in [-0.1, -0.05) is 16.8 Å². The van der Waals surface area contributed by atoms with Crippen molar-refractivity contribution < 1.29 is 5.21 Å². The normalized spacial score (nSPS) is 11.6. The highest BCUT2D eigenvalue weighted by Crippen LogP contribution is 2.25. The van der Waals surface area contributed by atoms with E-state index in [1.165, 1.54) is 0 Å². The molecule has 0 fully saturated rings. The van der Waals surface area contributed by atoms with Crippen molar-refractivity contribution in [3.63, 3.8) is 0 Å². The molecule has 0 spiro atoms. The molecule has 0 bridgehead atoms. The van der Waals surface area contributed by atoms with Crippen LogP contribution in [0.3, 0.4) is 0 Å². The second kappa shape index (κ2) is 5.91. The van der Waals surface area contributed by atoms with Crippen LogP contribution in [0, 0.1) is 0 Å². The molecule has 1 aromatic rings. The summed E-state index contributed by atoms with van der Waals surface area (Å²) in [6, 6.07) is 1.77. The van der Waals surface area contributed by atoms with Gasteiger partial charge >= 0.3 is 0 Å². The Morgan fingerprint density at radius 1 is 1.75 bits per heavy atom. The Labute approximate surface area is 107 Å². The van der Waals surface area contributed by atoms with Crippen LogP contribution in [0.5, 0.6) is 0 Å². The second-order valence-electron chi connectivity index (χ2n) is 3.22. The van der Waals surface area contributed by atoms with Crippen molar-refractivity contribution in [3.8, 4) is 0 Å². The molecular formula is C9H12BrClN4O. The zero-order valence-corrected chi connectivity index (χ0v) is 11.0. The first kappa shape index (κ1) is 13.1. The van der Waals surface area contributed by atoms with Crippen LogP contribution in [0.4, 0.5) is 5.82 Å². The van der Waals surface area contributed by atoms with Crippen LogP contribution in [-0.4, -0.2) is 29.6 Å². The van der Waals surface area contributed by atoms with Crippen LogP contribution in [-0.2, 0) is 0 Å². The largest absolute Gasteiger partial charge is 0.409 e. The summed E-state index contributed by atoms with van der Waals surface area (Å²) < 4.78 is 0.825. The van der Waals surface area contributed by atoms with E-state index in [1.54, 1.807) is 12.3 Å². The zero-order valence-electron chi connectivity index (χ0n) is 8.69. The number of oxime groups is 1. The van der Waals surface area contributed by atoms with Crippen LogP contribution < -0.4 is 10.6 Å². The molecule has 0 aromatic carbocycles. The molecule has 3 N–H and O–H groups in total. The van der Waals surface area contributed by atoms with E-state index in [0.717, 1.165) is 4.47 Å². The van der Waals surface area contributed by atoms with E-state index in [4.69, 9.17) is 22.5 Å². The van der Waals surface area contributed by atoms with Crippen molar-refractivity contribution in [2.75, 3.05) is 18.5 Å². The summed E-state index contributed by atoms with van der Waals surface area (Å²) in [5, 5.41) is 11.9. The van der Waals surface area contributed by atoms with Gasteiger partial charge in [-0.15, -0.1) is 0 Å². The summed E-state index contributed by atoms with van der Waals surface area (Å²) in [7, 11) is 1.84. The number of rotatable bonds is 4. The van der Waals surface area contributed by atoms with E-state index in [2.05, 4.69) is 26.1 Å². The Bertz CT molecular complexity index is 399. The number of halogens is 2. The monoisotopic (exact) mass is 306 g/mol. The maximum Gasteiger partial charge on any atom is 0.147 e. The molecule has 1 aromatic heterocycles. The molecule has 0 aliphatic carbocycles. The predicted octanol–water partition coefficient (Wildman–Crippen LogP) is 2.07. The lowest BCUT2D eigenvalue weighted by atomic mass is 10.3. The van der Waals surface area contributed by atoms with Crippen LogP contribution in [0.1, 0.15) is 6.42 Å². The molecule has 5 nitrogen and oxygen atoms in total. The van der Waals surface area contributed by atoms with Crippen molar-refractivity contribution in [2.24, 2.45) is 10.9 Å². The second-order valence-corrected chi connectivity index (χ2v) is 4.54. The van der Waals surface area contributed by atoms with Gasteiger partial charge in [0, 0.05) is 30.7 Å². The molecule has 0 amide bonds.